The number of hydrogen-bond donors (Lipinski definition) is 0. The van der Waals surface area contributed by atoms with E-state index in [1.54, 1.807) is 30.4 Å². The van der Waals surface area contributed by atoms with Crippen molar-refractivity contribution in [2.75, 3.05) is 37.8 Å². The normalized spacial score (nSPS) is 15.3. The maximum absolute atomic E-state index is 13.6. The first kappa shape index (κ1) is 35.3. The van der Waals surface area contributed by atoms with Crippen molar-refractivity contribution in [1.82, 2.24) is 19.6 Å². The summed E-state index contributed by atoms with van der Waals surface area (Å²) in [6.07, 6.45) is 6.67. The third-order valence-corrected chi connectivity index (χ3v) is 9.20. The lowest BCUT2D eigenvalue weighted by atomic mass is 9.92. The number of aromatic nitrogens is 4. The summed E-state index contributed by atoms with van der Waals surface area (Å²) in [6, 6.07) is 9.96. The van der Waals surface area contributed by atoms with Crippen LogP contribution in [0.15, 0.2) is 61.8 Å². The van der Waals surface area contributed by atoms with Crippen LogP contribution in [0.25, 0.3) is 16.3 Å². The molecule has 0 amide bonds. The van der Waals surface area contributed by atoms with Gasteiger partial charge in [-0.15, -0.1) is 17.9 Å². The van der Waals surface area contributed by atoms with Crippen molar-refractivity contribution in [3.8, 4) is 16.5 Å². The van der Waals surface area contributed by atoms with Crippen LogP contribution < -0.4 is 9.64 Å². The number of nitrogens with zero attached hydrogens (tertiary/aromatic N) is 5. The van der Waals surface area contributed by atoms with Crippen LogP contribution in [0, 0.1) is 6.92 Å². The summed E-state index contributed by atoms with van der Waals surface area (Å²) in [5.41, 5.74) is 2.86. The lowest BCUT2D eigenvalue weighted by Crippen LogP contribution is -2.45. The lowest BCUT2D eigenvalue weighted by Gasteiger charge is -2.41. The van der Waals surface area contributed by atoms with Crippen molar-refractivity contribution in [3.63, 3.8) is 0 Å². The zero-order chi connectivity index (χ0) is 34.5. The molecule has 5 rings (SSSR count). The Hall–Kier alpha value is -4.06. The topological polar surface area (TPSA) is 100 Å². The van der Waals surface area contributed by atoms with Crippen LogP contribution in [0.3, 0.4) is 0 Å². The van der Waals surface area contributed by atoms with E-state index in [4.69, 9.17) is 34.0 Å². The summed E-state index contributed by atoms with van der Waals surface area (Å²) in [6.45, 7) is 21.8. The first-order chi connectivity index (χ1) is 22.9. The molecular formula is C37H47N5O5S. The molecule has 4 heterocycles. The molecule has 0 saturated carbocycles. The van der Waals surface area contributed by atoms with Gasteiger partial charge in [0.05, 0.1) is 30.0 Å². The van der Waals surface area contributed by atoms with E-state index < -0.39 is 17.7 Å². The van der Waals surface area contributed by atoms with Gasteiger partial charge < -0.3 is 23.8 Å². The van der Waals surface area contributed by atoms with Gasteiger partial charge in [-0.1, -0.05) is 36.9 Å². The van der Waals surface area contributed by atoms with E-state index in [1.165, 1.54) is 0 Å². The Kier molecular flexibility index (Phi) is 11.0. The second-order valence-corrected chi connectivity index (χ2v) is 14.3. The van der Waals surface area contributed by atoms with Crippen LogP contribution >= 0.6 is 11.3 Å². The summed E-state index contributed by atoms with van der Waals surface area (Å²) < 4.78 is 25.9. The summed E-state index contributed by atoms with van der Waals surface area (Å²) in [4.78, 5) is 26.6. The molecule has 0 unspecified atom stereocenters. The number of esters is 1. The highest BCUT2D eigenvalue weighted by atomic mass is 32.1. The fourth-order valence-electron chi connectivity index (χ4n) is 5.86. The molecule has 4 aromatic rings. The molecule has 1 aliphatic heterocycles. The van der Waals surface area contributed by atoms with Crippen LogP contribution in [0.2, 0.25) is 0 Å². The molecule has 48 heavy (non-hydrogen) atoms. The molecule has 11 heteroatoms. The number of anilines is 1. The van der Waals surface area contributed by atoms with Gasteiger partial charge in [0.1, 0.15) is 28.9 Å². The van der Waals surface area contributed by atoms with Crippen LogP contribution in [0.5, 0.6) is 5.75 Å². The molecule has 10 nitrogen and oxygen atoms in total. The SMILES string of the molecule is C=CCOc1ccccc1Cc1cnc(-c2cc3nc(C)c([C@H](OC(C)(C)C)C(=O)OCC)c(N4CCC(C)(OCC=C)CC4)n3n2)s1. The van der Waals surface area contributed by atoms with Crippen molar-refractivity contribution in [2.24, 2.45) is 0 Å². The second-order valence-electron chi connectivity index (χ2n) is 13.1. The first-order valence-corrected chi connectivity index (χ1v) is 17.3. The number of aryl methyl sites for hydroxylation is 1. The molecule has 1 saturated heterocycles. The Morgan fingerprint density at radius 2 is 1.88 bits per heavy atom. The summed E-state index contributed by atoms with van der Waals surface area (Å²) in [5.74, 6) is 1.14. The monoisotopic (exact) mass is 673 g/mol. The molecule has 1 atom stereocenters. The standard InChI is InChI=1S/C37H47N5O5S/c1-9-20-45-29-15-13-12-14-26(29)22-27-24-38-33(48-27)28-23-30-39-25(4)31(32(35(43)44-11-3)47-36(5,6)7)34(42(30)40-28)41-18-16-37(8,17-19-41)46-21-10-2/h9-10,12-15,23-24,32H,1-2,11,16-22H2,3-8H3/t32-/m0/s1. The number of carbonyl (C=O) groups excluding carboxylic acids is 1. The molecule has 0 aliphatic carbocycles. The van der Waals surface area contributed by atoms with E-state index in [1.807, 2.05) is 62.7 Å². The minimum atomic E-state index is -0.996. The lowest BCUT2D eigenvalue weighted by molar-refractivity contribution is -0.166. The van der Waals surface area contributed by atoms with Gasteiger partial charge in [-0.25, -0.2) is 14.8 Å². The van der Waals surface area contributed by atoms with E-state index in [0.717, 1.165) is 39.9 Å². The average Bonchev–Trinajstić information content (AvgIpc) is 3.69. The molecule has 1 aromatic carbocycles. The van der Waals surface area contributed by atoms with Crippen LogP contribution in [0.4, 0.5) is 5.82 Å². The minimum Gasteiger partial charge on any atom is -0.489 e. The highest BCUT2D eigenvalue weighted by molar-refractivity contribution is 7.15. The number of hydrogen-bond acceptors (Lipinski definition) is 10. The number of para-hydroxylation sites is 1. The van der Waals surface area contributed by atoms with E-state index in [2.05, 4.69) is 31.0 Å². The summed E-state index contributed by atoms with van der Waals surface area (Å²) in [7, 11) is 0. The molecule has 0 N–H and O–H groups in total. The average molecular weight is 674 g/mol. The zero-order valence-electron chi connectivity index (χ0n) is 29.0. The van der Waals surface area contributed by atoms with E-state index in [9.17, 15) is 4.79 Å². The number of piperidine rings is 1. The number of benzene rings is 1. The quantitative estimate of drug-likeness (QED) is 0.101. The van der Waals surface area contributed by atoms with Crippen molar-refractivity contribution in [2.45, 2.75) is 78.1 Å². The first-order valence-electron chi connectivity index (χ1n) is 16.5. The summed E-state index contributed by atoms with van der Waals surface area (Å²) >= 11 is 1.58. The smallest absolute Gasteiger partial charge is 0.340 e. The fourth-order valence-corrected chi connectivity index (χ4v) is 6.75. The molecule has 3 aromatic heterocycles. The molecular weight excluding hydrogens is 627 g/mol. The maximum atomic E-state index is 13.6. The molecule has 1 aliphatic rings. The highest BCUT2D eigenvalue weighted by Gasteiger charge is 2.38. The van der Waals surface area contributed by atoms with Gasteiger partial charge in [0.2, 0.25) is 0 Å². The van der Waals surface area contributed by atoms with Crippen LogP contribution in [-0.2, 0) is 25.4 Å². The molecule has 0 radical (unpaired) electrons. The Bertz CT molecular complexity index is 1750. The van der Waals surface area contributed by atoms with E-state index in [0.29, 0.717) is 55.3 Å². The Balaban J connectivity index is 1.57. The van der Waals surface area contributed by atoms with Gasteiger partial charge in [-0.3, -0.25) is 0 Å². The third-order valence-electron chi connectivity index (χ3n) is 8.18. The second kappa shape index (κ2) is 15.0. The number of rotatable bonds is 14. The fraction of sp³-hybridized carbons (Fsp3) is 0.459. The summed E-state index contributed by atoms with van der Waals surface area (Å²) in [5, 5.41) is 5.86. The number of fused-ring (bicyclic) bond motifs is 1. The van der Waals surface area contributed by atoms with E-state index >= 15 is 0 Å². The van der Waals surface area contributed by atoms with Crippen molar-refractivity contribution >= 4 is 28.8 Å². The molecule has 0 bridgehead atoms. The van der Waals surface area contributed by atoms with Gasteiger partial charge in [0.25, 0.3) is 0 Å². The van der Waals surface area contributed by atoms with Crippen molar-refractivity contribution in [1.29, 1.82) is 0 Å². The number of carbonyl (C=O) groups is 1. The van der Waals surface area contributed by atoms with Gasteiger partial charge in [-0.2, -0.15) is 9.61 Å². The van der Waals surface area contributed by atoms with Crippen LogP contribution in [0.1, 0.15) is 75.3 Å². The Labute approximate surface area is 287 Å². The van der Waals surface area contributed by atoms with Gasteiger partial charge in [0.15, 0.2) is 11.8 Å². The highest BCUT2D eigenvalue weighted by Crippen LogP contribution is 2.39. The third kappa shape index (κ3) is 8.14. The van der Waals surface area contributed by atoms with Gasteiger partial charge in [-0.05, 0) is 66.0 Å². The molecule has 256 valence electrons. The Morgan fingerprint density at radius 3 is 2.56 bits per heavy atom. The van der Waals surface area contributed by atoms with Gasteiger partial charge >= 0.3 is 5.97 Å². The maximum Gasteiger partial charge on any atom is 0.340 e. The molecule has 0 spiro atoms. The predicted molar refractivity (Wildman–Crippen MR) is 190 cm³/mol. The van der Waals surface area contributed by atoms with Gasteiger partial charge in [0, 0.05) is 42.3 Å². The van der Waals surface area contributed by atoms with Crippen LogP contribution in [-0.4, -0.2) is 69.7 Å². The largest absolute Gasteiger partial charge is 0.489 e. The van der Waals surface area contributed by atoms with E-state index in [-0.39, 0.29) is 12.2 Å². The number of ether oxygens (including phenoxy) is 4. The number of thiazole rings is 1. The van der Waals surface area contributed by atoms with Crippen molar-refractivity contribution < 1.29 is 23.7 Å². The zero-order valence-corrected chi connectivity index (χ0v) is 29.8. The minimum absolute atomic E-state index is 0.235. The predicted octanol–water partition coefficient (Wildman–Crippen LogP) is 7.30. The molecule has 1 fully saturated rings. The Morgan fingerprint density at radius 1 is 1.15 bits per heavy atom. The van der Waals surface area contributed by atoms with Crippen molar-refractivity contribution in [3.05, 3.63) is 83.5 Å².